The lowest BCUT2D eigenvalue weighted by Crippen LogP contribution is -2.29. The Bertz CT molecular complexity index is 288. The molecule has 0 fully saturated rings. The largest absolute Gasteiger partial charge is 0.299 e. The van der Waals surface area contributed by atoms with Crippen LogP contribution in [0.25, 0.3) is 0 Å². The molecule has 0 saturated carbocycles. The van der Waals surface area contributed by atoms with E-state index < -0.39 is 0 Å². The van der Waals surface area contributed by atoms with Crippen LogP contribution in [0.3, 0.4) is 0 Å². The van der Waals surface area contributed by atoms with Gasteiger partial charge < -0.3 is 0 Å². The van der Waals surface area contributed by atoms with Crippen molar-refractivity contribution >= 4 is 15.9 Å². The Labute approximate surface area is 94.5 Å². The molecule has 78 valence electrons. The van der Waals surface area contributed by atoms with Crippen LogP contribution in [0, 0.1) is 6.92 Å². The van der Waals surface area contributed by atoms with E-state index in [2.05, 4.69) is 52.8 Å². The van der Waals surface area contributed by atoms with Crippen LogP contribution in [0.5, 0.6) is 0 Å². The normalized spacial score (nSPS) is 13.2. The van der Waals surface area contributed by atoms with Crippen molar-refractivity contribution in [2.75, 3.05) is 12.4 Å². The topological polar surface area (TPSA) is 16.1 Å². The highest BCUT2D eigenvalue weighted by Gasteiger charge is 2.07. The van der Waals surface area contributed by atoms with E-state index in [0.717, 1.165) is 11.9 Å². The molecule has 3 heteroatoms. The van der Waals surface area contributed by atoms with E-state index in [4.69, 9.17) is 0 Å². The van der Waals surface area contributed by atoms with Gasteiger partial charge in [-0.15, -0.1) is 0 Å². The Morgan fingerprint density at radius 2 is 2.21 bits per heavy atom. The molecular weight excluding hydrogens is 240 g/mol. The first-order valence-corrected chi connectivity index (χ1v) is 5.92. The van der Waals surface area contributed by atoms with Gasteiger partial charge in [-0.05, 0) is 32.0 Å². The van der Waals surface area contributed by atoms with Crippen molar-refractivity contribution in [1.29, 1.82) is 0 Å². The van der Waals surface area contributed by atoms with Crippen LogP contribution in [0.1, 0.15) is 18.1 Å². The summed E-state index contributed by atoms with van der Waals surface area (Å²) < 4.78 is 0. The van der Waals surface area contributed by atoms with Crippen LogP contribution in [0.15, 0.2) is 18.5 Å². The molecule has 1 heterocycles. The van der Waals surface area contributed by atoms with Gasteiger partial charge in [0.1, 0.15) is 0 Å². The highest BCUT2D eigenvalue weighted by Crippen LogP contribution is 2.08. The maximum Gasteiger partial charge on any atom is 0.0313 e. The highest BCUT2D eigenvalue weighted by molar-refractivity contribution is 9.09. The summed E-state index contributed by atoms with van der Waals surface area (Å²) in [5.74, 6) is 0. The molecule has 0 amide bonds. The van der Waals surface area contributed by atoms with E-state index in [1.165, 1.54) is 11.1 Å². The fraction of sp³-hybridized carbons (Fsp3) is 0.545. The average Bonchev–Trinajstić information content (AvgIpc) is 2.16. The Kier molecular flexibility index (Phi) is 4.55. The van der Waals surface area contributed by atoms with Crippen LogP contribution in [-0.4, -0.2) is 28.3 Å². The summed E-state index contributed by atoms with van der Waals surface area (Å²) in [4.78, 5) is 6.49. The smallest absolute Gasteiger partial charge is 0.0313 e. The lowest BCUT2D eigenvalue weighted by molar-refractivity contribution is 0.270. The third kappa shape index (κ3) is 3.39. The summed E-state index contributed by atoms with van der Waals surface area (Å²) in [6, 6.07) is 2.74. The molecule has 14 heavy (non-hydrogen) atoms. The zero-order valence-corrected chi connectivity index (χ0v) is 10.6. The summed E-state index contributed by atoms with van der Waals surface area (Å²) in [6.07, 6.45) is 3.82. The summed E-state index contributed by atoms with van der Waals surface area (Å²) in [5.41, 5.74) is 2.50. The minimum Gasteiger partial charge on any atom is -0.299 e. The van der Waals surface area contributed by atoms with E-state index in [0.29, 0.717) is 6.04 Å². The molecule has 0 bridgehead atoms. The molecule has 1 unspecified atom stereocenters. The number of aryl methyl sites for hydroxylation is 1. The lowest BCUT2D eigenvalue weighted by atomic mass is 10.2. The number of nitrogens with zero attached hydrogens (tertiary/aromatic N) is 2. The van der Waals surface area contributed by atoms with E-state index in [-0.39, 0.29) is 0 Å². The molecule has 0 saturated heterocycles. The Balaban J connectivity index is 2.60. The second-order valence-corrected chi connectivity index (χ2v) is 4.44. The van der Waals surface area contributed by atoms with Crippen molar-refractivity contribution in [3.05, 3.63) is 29.6 Å². The highest BCUT2D eigenvalue weighted by atomic mass is 79.9. The minimum atomic E-state index is 0.551. The predicted molar refractivity (Wildman–Crippen MR) is 63.7 cm³/mol. The number of hydrogen-bond acceptors (Lipinski definition) is 2. The number of rotatable bonds is 4. The molecule has 2 nitrogen and oxygen atoms in total. The van der Waals surface area contributed by atoms with Gasteiger partial charge in [0, 0.05) is 30.3 Å². The van der Waals surface area contributed by atoms with Crippen molar-refractivity contribution in [1.82, 2.24) is 9.88 Å². The van der Waals surface area contributed by atoms with E-state index in [1.54, 1.807) is 0 Å². The summed E-state index contributed by atoms with van der Waals surface area (Å²) in [7, 11) is 2.13. The van der Waals surface area contributed by atoms with Crippen LogP contribution in [0.2, 0.25) is 0 Å². The number of alkyl halides is 1. The molecule has 0 aromatic carbocycles. The molecule has 0 N–H and O–H groups in total. The van der Waals surface area contributed by atoms with E-state index >= 15 is 0 Å². The maximum absolute atomic E-state index is 4.18. The van der Waals surface area contributed by atoms with Crippen molar-refractivity contribution in [3.8, 4) is 0 Å². The van der Waals surface area contributed by atoms with Gasteiger partial charge in [0.2, 0.25) is 0 Å². The van der Waals surface area contributed by atoms with Gasteiger partial charge in [0.05, 0.1) is 0 Å². The molecule has 0 aliphatic rings. The van der Waals surface area contributed by atoms with E-state index in [9.17, 15) is 0 Å². The van der Waals surface area contributed by atoms with Gasteiger partial charge >= 0.3 is 0 Å². The first-order chi connectivity index (χ1) is 6.63. The third-order valence-corrected chi connectivity index (χ3v) is 3.28. The van der Waals surface area contributed by atoms with Crippen LogP contribution in [-0.2, 0) is 6.54 Å². The third-order valence-electron chi connectivity index (χ3n) is 2.34. The van der Waals surface area contributed by atoms with Gasteiger partial charge in [-0.25, -0.2) is 0 Å². The van der Waals surface area contributed by atoms with Gasteiger partial charge in [-0.1, -0.05) is 22.0 Å². The zero-order chi connectivity index (χ0) is 10.6. The van der Waals surface area contributed by atoms with Gasteiger partial charge in [-0.2, -0.15) is 0 Å². The van der Waals surface area contributed by atoms with Gasteiger partial charge in [-0.3, -0.25) is 9.88 Å². The molecule has 1 atom stereocenters. The van der Waals surface area contributed by atoms with Crippen molar-refractivity contribution in [3.63, 3.8) is 0 Å². The first-order valence-electron chi connectivity index (χ1n) is 4.80. The molecule has 0 aliphatic carbocycles. The quantitative estimate of drug-likeness (QED) is 0.771. The fourth-order valence-electron chi connectivity index (χ4n) is 1.27. The average molecular weight is 257 g/mol. The van der Waals surface area contributed by atoms with Crippen LogP contribution >= 0.6 is 15.9 Å². The Hall–Kier alpha value is -0.410. The number of hydrogen-bond donors (Lipinski definition) is 0. The summed E-state index contributed by atoms with van der Waals surface area (Å²) in [6.45, 7) is 5.24. The van der Waals surface area contributed by atoms with Crippen molar-refractivity contribution < 1.29 is 0 Å². The van der Waals surface area contributed by atoms with Crippen molar-refractivity contribution in [2.45, 2.75) is 26.4 Å². The SMILES string of the molecule is Cc1cncc(CN(C)C(C)CBr)c1. The molecule has 1 aromatic heterocycles. The van der Waals surface area contributed by atoms with Gasteiger partial charge in [0.15, 0.2) is 0 Å². The zero-order valence-electron chi connectivity index (χ0n) is 9.00. The minimum absolute atomic E-state index is 0.551. The first kappa shape index (κ1) is 11.7. The molecule has 0 aliphatic heterocycles. The standard InChI is InChI=1S/C11H17BrN2/c1-9-4-11(7-13-6-9)8-14(3)10(2)5-12/h4,6-7,10H,5,8H2,1-3H3. The van der Waals surface area contributed by atoms with Gasteiger partial charge in [0.25, 0.3) is 0 Å². The number of aromatic nitrogens is 1. The maximum atomic E-state index is 4.18. The van der Waals surface area contributed by atoms with E-state index in [1.807, 2.05) is 12.4 Å². The number of halogens is 1. The molecule has 0 radical (unpaired) electrons. The van der Waals surface area contributed by atoms with Crippen molar-refractivity contribution in [2.24, 2.45) is 0 Å². The fourth-order valence-corrected chi connectivity index (χ4v) is 1.76. The molecule has 1 rings (SSSR count). The molecule has 1 aromatic rings. The second kappa shape index (κ2) is 5.47. The Morgan fingerprint density at radius 1 is 1.50 bits per heavy atom. The summed E-state index contributed by atoms with van der Waals surface area (Å²) in [5, 5.41) is 1.00. The molecular formula is C11H17BrN2. The number of pyridine rings is 1. The monoisotopic (exact) mass is 256 g/mol. The van der Waals surface area contributed by atoms with Crippen LogP contribution in [0.4, 0.5) is 0 Å². The summed E-state index contributed by atoms with van der Waals surface area (Å²) >= 11 is 3.49. The Morgan fingerprint density at radius 3 is 2.79 bits per heavy atom. The predicted octanol–water partition coefficient (Wildman–Crippen LogP) is 2.61. The second-order valence-electron chi connectivity index (χ2n) is 3.79. The van der Waals surface area contributed by atoms with Crippen LogP contribution < -0.4 is 0 Å². The molecule has 0 spiro atoms. The lowest BCUT2D eigenvalue weighted by Gasteiger charge is -2.22.